The molecule has 0 aromatic carbocycles. The van der Waals surface area contributed by atoms with E-state index in [4.69, 9.17) is 30.1 Å². The third-order valence-electron chi connectivity index (χ3n) is 6.43. The van der Waals surface area contributed by atoms with E-state index in [2.05, 4.69) is 15.0 Å². The first-order valence-corrected chi connectivity index (χ1v) is 13.3. The summed E-state index contributed by atoms with van der Waals surface area (Å²) in [5.41, 5.74) is 0.880. The van der Waals surface area contributed by atoms with Crippen LogP contribution in [0.2, 0.25) is 5.15 Å². The summed E-state index contributed by atoms with van der Waals surface area (Å²) in [6.07, 6.45) is 5.13. The van der Waals surface area contributed by atoms with Crippen LogP contribution < -0.4 is 0 Å². The van der Waals surface area contributed by atoms with Crippen molar-refractivity contribution >= 4 is 30.4 Å². The standard InChI is InChI=1S/C22H30ClN4O5P/c1-12(2)31-33(28,32-13(3)4)8-7-22-9-14(22)16(17-18(22)30-21(5,6)29-17)27-11-26-15-19(23)24-10-25-20(15)27/h7-8,10-14,16-18H,9H2,1-6H3/b8-7+/t14-,16-,17+,18+,22+/m1/s1. The summed E-state index contributed by atoms with van der Waals surface area (Å²) in [5.74, 6) is 1.07. The van der Waals surface area contributed by atoms with Crippen molar-refractivity contribution in [2.45, 2.75) is 84.2 Å². The highest BCUT2D eigenvalue weighted by atomic mass is 35.5. The SMILES string of the molecule is CC(C)OP(=O)(/C=C/[C@]12C[C@@H]1[C@@H](n1cnc3c(Cl)ncnc31)[C@@H]1OC(C)(C)O[C@@H]12)OC(C)C. The zero-order valence-corrected chi connectivity index (χ0v) is 21.3. The smallest absolute Gasteiger partial charge is 0.344 e. The van der Waals surface area contributed by atoms with Gasteiger partial charge in [-0.15, -0.1) is 0 Å². The molecule has 11 heteroatoms. The molecule has 0 radical (unpaired) electrons. The number of ether oxygens (including phenoxy) is 2. The fraction of sp³-hybridized carbons (Fsp3) is 0.682. The normalized spacial score (nSPS) is 32.9. The molecule has 1 aliphatic heterocycles. The molecule has 2 saturated carbocycles. The Morgan fingerprint density at radius 3 is 2.55 bits per heavy atom. The number of aromatic nitrogens is 4. The van der Waals surface area contributed by atoms with Gasteiger partial charge in [-0.3, -0.25) is 4.57 Å². The second-order valence-electron chi connectivity index (χ2n) is 10.1. The van der Waals surface area contributed by atoms with E-state index in [1.165, 1.54) is 6.33 Å². The Kier molecular flexibility index (Phi) is 5.55. The van der Waals surface area contributed by atoms with Crippen LogP contribution in [0.15, 0.2) is 24.5 Å². The van der Waals surface area contributed by atoms with E-state index in [-0.39, 0.29) is 41.8 Å². The van der Waals surface area contributed by atoms with Crippen molar-refractivity contribution in [1.82, 2.24) is 19.5 Å². The lowest BCUT2D eigenvalue weighted by Crippen LogP contribution is -2.31. The monoisotopic (exact) mass is 496 g/mol. The molecule has 3 aliphatic rings. The molecule has 0 bridgehead atoms. The van der Waals surface area contributed by atoms with Crippen LogP contribution in [0.3, 0.4) is 0 Å². The van der Waals surface area contributed by atoms with Crippen LogP contribution in [0.5, 0.6) is 0 Å². The molecular formula is C22H30ClN4O5P. The molecule has 0 N–H and O–H groups in total. The molecule has 1 saturated heterocycles. The van der Waals surface area contributed by atoms with E-state index in [0.717, 1.165) is 6.42 Å². The van der Waals surface area contributed by atoms with Gasteiger partial charge in [-0.2, -0.15) is 0 Å². The van der Waals surface area contributed by atoms with E-state index in [1.54, 1.807) is 12.1 Å². The van der Waals surface area contributed by atoms with Crippen LogP contribution in [0, 0.1) is 11.3 Å². The number of nitrogens with zero attached hydrogens (tertiary/aromatic N) is 4. The lowest BCUT2D eigenvalue weighted by Gasteiger charge is -2.24. The number of halogens is 1. The van der Waals surface area contributed by atoms with E-state index in [1.807, 2.05) is 52.2 Å². The van der Waals surface area contributed by atoms with Gasteiger partial charge in [0.25, 0.3) is 0 Å². The predicted octanol–water partition coefficient (Wildman–Crippen LogP) is 5.12. The second kappa shape index (κ2) is 7.83. The molecule has 3 heterocycles. The molecule has 9 nitrogen and oxygen atoms in total. The molecule has 2 aliphatic carbocycles. The van der Waals surface area contributed by atoms with Crippen molar-refractivity contribution in [3.05, 3.63) is 29.7 Å². The molecule has 5 atom stereocenters. The van der Waals surface area contributed by atoms with Gasteiger partial charge in [0.1, 0.15) is 17.9 Å². The first-order chi connectivity index (χ1) is 15.4. The Bertz CT molecular complexity index is 1140. The van der Waals surface area contributed by atoms with Crippen molar-refractivity contribution in [2.75, 3.05) is 0 Å². The number of fused-ring (bicyclic) bond motifs is 4. The molecule has 0 amide bonds. The van der Waals surface area contributed by atoms with Gasteiger partial charge < -0.3 is 23.1 Å². The van der Waals surface area contributed by atoms with Gasteiger partial charge >= 0.3 is 7.60 Å². The molecule has 5 rings (SSSR count). The molecular weight excluding hydrogens is 467 g/mol. The van der Waals surface area contributed by atoms with E-state index in [0.29, 0.717) is 16.3 Å². The van der Waals surface area contributed by atoms with Crippen LogP contribution >= 0.6 is 19.2 Å². The molecule has 0 spiro atoms. The van der Waals surface area contributed by atoms with E-state index >= 15 is 0 Å². The van der Waals surface area contributed by atoms with Gasteiger partial charge in [0.05, 0.1) is 30.7 Å². The maximum absolute atomic E-state index is 13.4. The first kappa shape index (κ1) is 23.4. The minimum atomic E-state index is -3.43. The number of hydrogen-bond acceptors (Lipinski definition) is 8. The second-order valence-corrected chi connectivity index (χ2v) is 12.2. The van der Waals surface area contributed by atoms with Gasteiger partial charge in [0.2, 0.25) is 0 Å². The number of hydrogen-bond donors (Lipinski definition) is 0. The molecule has 0 unspecified atom stereocenters. The lowest BCUT2D eigenvalue weighted by atomic mass is 9.99. The molecule has 3 fully saturated rings. The minimum absolute atomic E-state index is 0.0613. The Morgan fingerprint density at radius 1 is 1.18 bits per heavy atom. The zero-order chi connectivity index (χ0) is 23.8. The third-order valence-corrected chi connectivity index (χ3v) is 8.65. The fourth-order valence-electron chi connectivity index (χ4n) is 5.36. The third kappa shape index (κ3) is 3.97. The largest absolute Gasteiger partial charge is 0.354 e. The summed E-state index contributed by atoms with van der Waals surface area (Å²) in [4.78, 5) is 12.9. The minimum Gasteiger partial charge on any atom is -0.344 e. The average molecular weight is 497 g/mol. The lowest BCUT2D eigenvalue weighted by molar-refractivity contribution is -0.159. The molecule has 2 aromatic heterocycles. The van der Waals surface area contributed by atoms with Crippen molar-refractivity contribution in [2.24, 2.45) is 11.3 Å². The quantitative estimate of drug-likeness (QED) is 0.385. The van der Waals surface area contributed by atoms with Crippen LogP contribution in [0.4, 0.5) is 0 Å². The molecule has 33 heavy (non-hydrogen) atoms. The Hall–Kier alpha value is -1.35. The van der Waals surface area contributed by atoms with Crippen molar-refractivity contribution in [3.63, 3.8) is 0 Å². The highest BCUT2D eigenvalue weighted by Gasteiger charge is 2.75. The summed E-state index contributed by atoms with van der Waals surface area (Å²) < 4.78 is 39.7. The Balaban J connectivity index is 1.52. The predicted molar refractivity (Wildman–Crippen MR) is 123 cm³/mol. The fourth-order valence-corrected chi connectivity index (χ4v) is 7.37. The summed E-state index contributed by atoms with van der Waals surface area (Å²) in [6.45, 7) is 11.2. The highest BCUT2D eigenvalue weighted by molar-refractivity contribution is 7.57. The maximum Gasteiger partial charge on any atom is 0.354 e. The van der Waals surface area contributed by atoms with Gasteiger partial charge in [-0.25, -0.2) is 15.0 Å². The summed E-state index contributed by atoms with van der Waals surface area (Å²) in [6, 6.07) is -0.0613. The van der Waals surface area contributed by atoms with Gasteiger partial charge in [0, 0.05) is 11.2 Å². The van der Waals surface area contributed by atoms with Gasteiger partial charge in [-0.1, -0.05) is 17.7 Å². The number of rotatable bonds is 7. The first-order valence-electron chi connectivity index (χ1n) is 11.3. The van der Waals surface area contributed by atoms with Crippen molar-refractivity contribution < 1.29 is 23.1 Å². The highest BCUT2D eigenvalue weighted by Crippen LogP contribution is 2.73. The Labute approximate surface area is 198 Å². The number of imidazole rings is 1. The van der Waals surface area contributed by atoms with E-state index < -0.39 is 13.4 Å². The molecule has 180 valence electrons. The van der Waals surface area contributed by atoms with Crippen LogP contribution in [0.1, 0.15) is 54.0 Å². The van der Waals surface area contributed by atoms with Crippen LogP contribution in [-0.2, 0) is 23.1 Å². The maximum atomic E-state index is 13.4. The topological polar surface area (TPSA) is 97.6 Å². The summed E-state index contributed by atoms with van der Waals surface area (Å²) in [5, 5.41) is 0.316. The Morgan fingerprint density at radius 2 is 1.88 bits per heavy atom. The van der Waals surface area contributed by atoms with Crippen LogP contribution in [-0.4, -0.2) is 49.7 Å². The van der Waals surface area contributed by atoms with Crippen molar-refractivity contribution in [3.8, 4) is 0 Å². The average Bonchev–Trinajstić information content (AvgIpc) is 2.95. The van der Waals surface area contributed by atoms with Crippen LogP contribution in [0.25, 0.3) is 11.2 Å². The summed E-state index contributed by atoms with van der Waals surface area (Å²) >= 11 is 6.24. The van der Waals surface area contributed by atoms with Crippen molar-refractivity contribution in [1.29, 1.82) is 0 Å². The van der Waals surface area contributed by atoms with Gasteiger partial charge in [-0.05, 0) is 53.9 Å². The zero-order valence-electron chi connectivity index (χ0n) is 19.6. The van der Waals surface area contributed by atoms with E-state index in [9.17, 15) is 4.57 Å². The molecule has 2 aromatic rings. The summed E-state index contributed by atoms with van der Waals surface area (Å²) in [7, 11) is -3.43. The van der Waals surface area contributed by atoms with Gasteiger partial charge in [0.15, 0.2) is 16.6 Å².